The lowest BCUT2D eigenvalue weighted by Crippen LogP contribution is -2.50. The van der Waals surface area contributed by atoms with Crippen molar-refractivity contribution >= 4 is 11.6 Å². The van der Waals surface area contributed by atoms with Crippen LogP contribution in [0.3, 0.4) is 0 Å². The predicted octanol–water partition coefficient (Wildman–Crippen LogP) is 2.15. The number of benzene rings is 2. The van der Waals surface area contributed by atoms with Crippen LogP contribution in [0.5, 0.6) is 23.0 Å². The lowest BCUT2D eigenvalue weighted by atomic mass is 10.2. The van der Waals surface area contributed by atoms with Crippen LogP contribution in [-0.4, -0.2) is 57.5 Å². The summed E-state index contributed by atoms with van der Waals surface area (Å²) in [6.07, 6.45) is 0. The minimum atomic E-state index is -0.0120. The molecule has 142 valence electrons. The second kappa shape index (κ2) is 7.65. The van der Waals surface area contributed by atoms with Crippen molar-refractivity contribution in [2.45, 2.75) is 0 Å². The standard InChI is InChI=1S/C20H22N2O5/c1-24-16-4-2-15(3-5-16)21-8-10-22(11-9-21)20(23)13-25-17-6-7-18-19(12-17)27-14-26-18/h2-7,12H,8-11,13-14H2,1H3. The SMILES string of the molecule is COc1ccc(N2CCN(C(=O)COc3ccc4c(c3)OCO4)CC2)cc1. The Hall–Kier alpha value is -3.09. The van der Waals surface area contributed by atoms with Crippen LogP contribution < -0.4 is 23.8 Å². The number of anilines is 1. The van der Waals surface area contributed by atoms with Gasteiger partial charge in [0.05, 0.1) is 7.11 Å². The van der Waals surface area contributed by atoms with E-state index in [-0.39, 0.29) is 19.3 Å². The molecule has 0 saturated carbocycles. The minimum absolute atomic E-state index is 0.0120. The number of hydrogen-bond donors (Lipinski definition) is 0. The number of carbonyl (C=O) groups excluding carboxylic acids is 1. The highest BCUT2D eigenvalue weighted by Crippen LogP contribution is 2.35. The summed E-state index contributed by atoms with van der Waals surface area (Å²) in [5.41, 5.74) is 1.14. The van der Waals surface area contributed by atoms with Gasteiger partial charge in [-0.1, -0.05) is 0 Å². The number of nitrogens with zero attached hydrogens (tertiary/aromatic N) is 2. The molecule has 0 radical (unpaired) electrons. The van der Waals surface area contributed by atoms with Gasteiger partial charge in [-0.15, -0.1) is 0 Å². The molecular formula is C20H22N2O5. The number of carbonyl (C=O) groups is 1. The van der Waals surface area contributed by atoms with Gasteiger partial charge in [0.1, 0.15) is 11.5 Å². The molecule has 2 aliphatic rings. The molecule has 2 heterocycles. The van der Waals surface area contributed by atoms with E-state index in [1.165, 1.54) is 0 Å². The summed E-state index contributed by atoms with van der Waals surface area (Å²) in [7, 11) is 1.66. The van der Waals surface area contributed by atoms with Gasteiger partial charge in [0.15, 0.2) is 18.1 Å². The largest absolute Gasteiger partial charge is 0.497 e. The maximum atomic E-state index is 12.4. The van der Waals surface area contributed by atoms with Gasteiger partial charge in [-0.25, -0.2) is 0 Å². The first kappa shape index (κ1) is 17.3. The minimum Gasteiger partial charge on any atom is -0.497 e. The fourth-order valence-corrected chi connectivity index (χ4v) is 3.21. The molecule has 4 rings (SSSR count). The summed E-state index contributed by atoms with van der Waals surface area (Å²) in [5, 5.41) is 0. The van der Waals surface area contributed by atoms with E-state index in [2.05, 4.69) is 4.90 Å². The molecule has 0 bridgehead atoms. The lowest BCUT2D eigenvalue weighted by molar-refractivity contribution is -0.133. The van der Waals surface area contributed by atoms with Crippen LogP contribution in [0.15, 0.2) is 42.5 Å². The Balaban J connectivity index is 1.27. The van der Waals surface area contributed by atoms with E-state index in [4.69, 9.17) is 18.9 Å². The van der Waals surface area contributed by atoms with Crippen LogP contribution in [-0.2, 0) is 4.79 Å². The topological polar surface area (TPSA) is 60.5 Å². The van der Waals surface area contributed by atoms with Gasteiger partial charge in [0.2, 0.25) is 6.79 Å². The molecule has 1 amide bonds. The van der Waals surface area contributed by atoms with Crippen LogP contribution >= 0.6 is 0 Å². The molecule has 7 heteroatoms. The average molecular weight is 370 g/mol. The second-order valence-electron chi connectivity index (χ2n) is 6.37. The zero-order valence-corrected chi connectivity index (χ0v) is 15.2. The molecule has 0 spiro atoms. The van der Waals surface area contributed by atoms with Crippen LogP contribution in [0, 0.1) is 0 Å². The smallest absolute Gasteiger partial charge is 0.260 e. The maximum Gasteiger partial charge on any atom is 0.260 e. The average Bonchev–Trinajstić information content (AvgIpc) is 3.20. The fraction of sp³-hybridized carbons (Fsp3) is 0.350. The van der Waals surface area contributed by atoms with Crippen LogP contribution in [0.1, 0.15) is 0 Å². The Labute approximate surface area is 158 Å². The predicted molar refractivity (Wildman–Crippen MR) is 99.8 cm³/mol. The van der Waals surface area contributed by atoms with Crippen molar-refractivity contribution in [3.8, 4) is 23.0 Å². The van der Waals surface area contributed by atoms with E-state index >= 15 is 0 Å². The summed E-state index contributed by atoms with van der Waals surface area (Å²) < 4.78 is 21.4. The molecule has 1 fully saturated rings. The first-order valence-electron chi connectivity index (χ1n) is 8.92. The first-order chi connectivity index (χ1) is 13.2. The first-order valence-corrected chi connectivity index (χ1v) is 8.92. The van der Waals surface area contributed by atoms with E-state index in [1.807, 2.05) is 29.2 Å². The van der Waals surface area contributed by atoms with E-state index in [0.29, 0.717) is 30.3 Å². The van der Waals surface area contributed by atoms with Gasteiger partial charge < -0.3 is 28.7 Å². The summed E-state index contributed by atoms with van der Waals surface area (Å²) in [5.74, 6) is 2.77. The third kappa shape index (κ3) is 3.86. The summed E-state index contributed by atoms with van der Waals surface area (Å²) in [6.45, 7) is 3.17. The van der Waals surface area contributed by atoms with Gasteiger partial charge in [-0.05, 0) is 36.4 Å². The van der Waals surface area contributed by atoms with E-state index in [1.54, 1.807) is 25.3 Å². The van der Waals surface area contributed by atoms with Crippen molar-refractivity contribution in [2.75, 3.05) is 51.6 Å². The van der Waals surface area contributed by atoms with Crippen molar-refractivity contribution in [3.63, 3.8) is 0 Å². The molecule has 7 nitrogen and oxygen atoms in total. The Bertz CT molecular complexity index is 801. The molecule has 27 heavy (non-hydrogen) atoms. The molecule has 2 aromatic rings. The van der Waals surface area contributed by atoms with Gasteiger partial charge in [0, 0.05) is 37.9 Å². The van der Waals surface area contributed by atoms with Crippen molar-refractivity contribution < 1.29 is 23.7 Å². The summed E-state index contributed by atoms with van der Waals surface area (Å²) in [4.78, 5) is 16.5. The Kier molecular flexibility index (Phi) is 4.91. The van der Waals surface area contributed by atoms with Gasteiger partial charge in [-0.3, -0.25) is 4.79 Å². The van der Waals surface area contributed by atoms with Crippen molar-refractivity contribution in [1.29, 1.82) is 0 Å². The molecular weight excluding hydrogens is 348 g/mol. The van der Waals surface area contributed by atoms with E-state index in [0.717, 1.165) is 24.5 Å². The van der Waals surface area contributed by atoms with Crippen molar-refractivity contribution in [1.82, 2.24) is 4.90 Å². The number of ether oxygens (including phenoxy) is 4. The zero-order chi connectivity index (χ0) is 18.6. The summed E-state index contributed by atoms with van der Waals surface area (Å²) >= 11 is 0. The number of rotatable bonds is 5. The summed E-state index contributed by atoms with van der Waals surface area (Å²) in [6, 6.07) is 13.3. The monoisotopic (exact) mass is 370 g/mol. The molecule has 0 atom stereocenters. The fourth-order valence-electron chi connectivity index (χ4n) is 3.21. The molecule has 0 N–H and O–H groups in total. The highest BCUT2D eigenvalue weighted by molar-refractivity contribution is 5.78. The van der Waals surface area contributed by atoms with Crippen molar-refractivity contribution in [3.05, 3.63) is 42.5 Å². The van der Waals surface area contributed by atoms with Gasteiger partial charge in [-0.2, -0.15) is 0 Å². The van der Waals surface area contributed by atoms with E-state index in [9.17, 15) is 4.79 Å². The van der Waals surface area contributed by atoms with Crippen molar-refractivity contribution in [2.24, 2.45) is 0 Å². The number of fused-ring (bicyclic) bond motifs is 1. The van der Waals surface area contributed by atoms with Crippen LogP contribution in [0.25, 0.3) is 0 Å². The highest BCUT2D eigenvalue weighted by atomic mass is 16.7. The maximum absolute atomic E-state index is 12.4. The lowest BCUT2D eigenvalue weighted by Gasteiger charge is -2.36. The quantitative estimate of drug-likeness (QED) is 0.804. The number of amides is 1. The number of methoxy groups -OCH3 is 1. The van der Waals surface area contributed by atoms with Crippen LogP contribution in [0.2, 0.25) is 0 Å². The number of piperazine rings is 1. The second-order valence-corrected chi connectivity index (χ2v) is 6.37. The molecule has 0 unspecified atom stereocenters. The Morgan fingerprint density at radius 3 is 2.41 bits per heavy atom. The van der Waals surface area contributed by atoms with Gasteiger partial charge in [0.25, 0.3) is 5.91 Å². The van der Waals surface area contributed by atoms with Crippen LogP contribution in [0.4, 0.5) is 5.69 Å². The third-order valence-corrected chi connectivity index (χ3v) is 4.78. The molecule has 1 saturated heterocycles. The molecule has 2 aliphatic heterocycles. The Morgan fingerprint density at radius 2 is 1.67 bits per heavy atom. The third-order valence-electron chi connectivity index (χ3n) is 4.78. The highest BCUT2D eigenvalue weighted by Gasteiger charge is 2.22. The normalized spacial score (nSPS) is 15.6. The molecule has 0 aliphatic carbocycles. The van der Waals surface area contributed by atoms with Gasteiger partial charge >= 0.3 is 0 Å². The number of hydrogen-bond acceptors (Lipinski definition) is 6. The molecule has 2 aromatic carbocycles. The Morgan fingerprint density at radius 1 is 0.963 bits per heavy atom. The zero-order valence-electron chi connectivity index (χ0n) is 15.2. The molecule has 0 aromatic heterocycles. The van der Waals surface area contributed by atoms with E-state index < -0.39 is 0 Å².